The maximum atomic E-state index is 13.0. The Morgan fingerprint density at radius 1 is 1.16 bits per heavy atom. The fourth-order valence-corrected chi connectivity index (χ4v) is 7.35. The van der Waals surface area contributed by atoms with Crippen LogP contribution in [0.25, 0.3) is 0 Å². The SMILES string of the molecule is CC[C@H](CC[C@@H](C)[C@H]1CC[C@H]2[C@H](CCc3cc(O)ccc3C)C(=O)CC[C@]12C)C(C)C. The zero-order chi connectivity index (χ0) is 22.8. The number of aryl methyl sites for hydroxylation is 2. The Morgan fingerprint density at radius 3 is 2.58 bits per heavy atom. The third kappa shape index (κ3) is 5.20. The molecule has 0 radical (unpaired) electrons. The highest BCUT2D eigenvalue weighted by atomic mass is 16.3. The monoisotopic (exact) mass is 426 g/mol. The summed E-state index contributed by atoms with van der Waals surface area (Å²) in [5.41, 5.74) is 2.74. The second-order valence-corrected chi connectivity index (χ2v) is 11.5. The minimum absolute atomic E-state index is 0.205. The maximum absolute atomic E-state index is 13.0. The summed E-state index contributed by atoms with van der Waals surface area (Å²) in [5.74, 6) is 4.73. The highest BCUT2D eigenvalue weighted by Crippen LogP contribution is 2.60. The minimum Gasteiger partial charge on any atom is -0.508 e. The van der Waals surface area contributed by atoms with E-state index in [-0.39, 0.29) is 5.92 Å². The first-order valence-electron chi connectivity index (χ1n) is 13.0. The molecule has 1 N–H and O–H groups in total. The number of phenolic OH excluding ortho intramolecular Hbond substituents is 1. The van der Waals surface area contributed by atoms with E-state index in [4.69, 9.17) is 0 Å². The van der Waals surface area contributed by atoms with Gasteiger partial charge >= 0.3 is 0 Å². The predicted molar refractivity (Wildman–Crippen MR) is 130 cm³/mol. The number of phenols is 1. The molecule has 2 heteroatoms. The van der Waals surface area contributed by atoms with Crippen molar-refractivity contribution >= 4 is 5.78 Å². The van der Waals surface area contributed by atoms with E-state index < -0.39 is 0 Å². The van der Waals surface area contributed by atoms with Crippen LogP contribution in [0.4, 0.5) is 0 Å². The predicted octanol–water partition coefficient (Wildman–Crippen LogP) is 7.74. The van der Waals surface area contributed by atoms with Crippen LogP contribution in [0.5, 0.6) is 5.75 Å². The van der Waals surface area contributed by atoms with Crippen LogP contribution in [-0.2, 0) is 11.2 Å². The topological polar surface area (TPSA) is 37.3 Å². The highest BCUT2D eigenvalue weighted by Gasteiger charge is 2.54. The number of carbonyl (C=O) groups excluding carboxylic acids is 1. The fraction of sp³-hybridized carbons (Fsp3) is 0.759. The summed E-state index contributed by atoms with van der Waals surface area (Å²) in [5, 5.41) is 9.89. The van der Waals surface area contributed by atoms with Crippen molar-refractivity contribution in [2.24, 2.45) is 40.9 Å². The van der Waals surface area contributed by atoms with E-state index in [9.17, 15) is 9.90 Å². The van der Waals surface area contributed by atoms with Crippen LogP contribution in [-0.4, -0.2) is 10.9 Å². The van der Waals surface area contributed by atoms with Crippen molar-refractivity contribution in [3.63, 3.8) is 0 Å². The van der Waals surface area contributed by atoms with Gasteiger partial charge in [-0.2, -0.15) is 0 Å². The second-order valence-electron chi connectivity index (χ2n) is 11.5. The fourth-order valence-electron chi connectivity index (χ4n) is 7.35. The zero-order valence-electron chi connectivity index (χ0n) is 20.9. The van der Waals surface area contributed by atoms with Crippen LogP contribution >= 0.6 is 0 Å². The molecular formula is C29H46O2. The summed E-state index contributed by atoms with van der Waals surface area (Å²) in [7, 11) is 0. The van der Waals surface area contributed by atoms with E-state index in [1.54, 1.807) is 6.07 Å². The van der Waals surface area contributed by atoms with Gasteiger partial charge in [0, 0.05) is 12.3 Å². The Balaban J connectivity index is 1.68. The molecule has 2 aliphatic rings. The molecule has 2 aliphatic carbocycles. The first kappa shape index (κ1) is 24.3. The molecule has 2 nitrogen and oxygen atoms in total. The van der Waals surface area contributed by atoms with Gasteiger partial charge in [0.05, 0.1) is 0 Å². The largest absolute Gasteiger partial charge is 0.508 e. The molecule has 31 heavy (non-hydrogen) atoms. The third-order valence-electron chi connectivity index (χ3n) is 9.50. The van der Waals surface area contributed by atoms with Gasteiger partial charge in [-0.3, -0.25) is 4.79 Å². The average Bonchev–Trinajstić information content (AvgIpc) is 3.07. The van der Waals surface area contributed by atoms with Gasteiger partial charge in [-0.15, -0.1) is 0 Å². The normalized spacial score (nSPS) is 30.4. The first-order valence-corrected chi connectivity index (χ1v) is 13.0. The summed E-state index contributed by atoms with van der Waals surface area (Å²) < 4.78 is 0. The minimum atomic E-state index is 0.205. The molecular weight excluding hydrogens is 380 g/mol. The van der Waals surface area contributed by atoms with E-state index in [0.717, 1.165) is 49.4 Å². The van der Waals surface area contributed by atoms with Gasteiger partial charge in [0.25, 0.3) is 0 Å². The van der Waals surface area contributed by atoms with E-state index >= 15 is 0 Å². The second kappa shape index (κ2) is 10.1. The lowest BCUT2D eigenvalue weighted by molar-refractivity contribution is -0.132. The van der Waals surface area contributed by atoms with Gasteiger partial charge in [0.15, 0.2) is 0 Å². The lowest BCUT2D eigenvalue weighted by Crippen LogP contribution is -2.43. The van der Waals surface area contributed by atoms with Crippen LogP contribution in [0, 0.1) is 47.8 Å². The molecule has 2 fully saturated rings. The summed E-state index contributed by atoms with van der Waals surface area (Å²) in [6, 6.07) is 5.64. The Hall–Kier alpha value is -1.31. The molecule has 174 valence electrons. The molecule has 0 aromatic heterocycles. The van der Waals surface area contributed by atoms with Crippen molar-refractivity contribution in [1.82, 2.24) is 0 Å². The summed E-state index contributed by atoms with van der Waals surface area (Å²) >= 11 is 0. The molecule has 0 unspecified atom stereocenters. The summed E-state index contributed by atoms with van der Waals surface area (Å²) in [6.45, 7) is 14.2. The van der Waals surface area contributed by atoms with Crippen LogP contribution < -0.4 is 0 Å². The van der Waals surface area contributed by atoms with Crippen LogP contribution in [0.1, 0.15) is 97.1 Å². The van der Waals surface area contributed by atoms with Crippen molar-refractivity contribution < 1.29 is 9.90 Å². The number of benzene rings is 1. The van der Waals surface area contributed by atoms with Crippen molar-refractivity contribution in [3.05, 3.63) is 29.3 Å². The van der Waals surface area contributed by atoms with Crippen LogP contribution in [0.2, 0.25) is 0 Å². The Labute approximate surface area is 191 Å². The number of rotatable bonds is 9. The van der Waals surface area contributed by atoms with E-state index in [0.29, 0.717) is 22.9 Å². The molecule has 6 atom stereocenters. The third-order valence-corrected chi connectivity index (χ3v) is 9.50. The highest BCUT2D eigenvalue weighted by molar-refractivity contribution is 5.82. The smallest absolute Gasteiger partial charge is 0.136 e. The Kier molecular flexibility index (Phi) is 7.92. The molecule has 0 spiro atoms. The standard InChI is InChI=1S/C29H46O2/c1-7-22(19(2)3)10-8-21(5)26-14-15-27-25(28(31)16-17-29(26,27)6)13-11-23-18-24(30)12-9-20(23)4/h9,12,18-19,21-22,25-27,30H,7-8,10-11,13-17H2,1-6H3/t21-,22-,25+,26-,27+,29-/m1/s1. The molecule has 1 aromatic carbocycles. The molecule has 1 aromatic rings. The Bertz CT molecular complexity index is 751. The molecule has 3 rings (SSSR count). The van der Waals surface area contributed by atoms with Gasteiger partial charge in [0.1, 0.15) is 11.5 Å². The summed E-state index contributed by atoms with van der Waals surface area (Å²) in [6.07, 6.45) is 10.2. The number of hydrogen-bond donors (Lipinski definition) is 1. The number of Topliss-reactive ketones (excluding diaryl/α,β-unsaturated/α-hetero) is 1. The van der Waals surface area contributed by atoms with E-state index in [1.807, 2.05) is 12.1 Å². The van der Waals surface area contributed by atoms with Gasteiger partial charge in [-0.25, -0.2) is 0 Å². The van der Waals surface area contributed by atoms with E-state index in [1.165, 1.54) is 43.2 Å². The molecule has 0 heterocycles. The molecule has 2 saturated carbocycles. The van der Waals surface area contributed by atoms with Gasteiger partial charge in [-0.05, 0) is 104 Å². The quantitative estimate of drug-likeness (QED) is 0.438. The van der Waals surface area contributed by atoms with Crippen molar-refractivity contribution in [1.29, 1.82) is 0 Å². The summed E-state index contributed by atoms with van der Waals surface area (Å²) in [4.78, 5) is 13.0. The zero-order valence-corrected chi connectivity index (χ0v) is 20.9. The number of fused-ring (bicyclic) bond motifs is 1. The first-order chi connectivity index (χ1) is 14.7. The Morgan fingerprint density at radius 2 is 1.90 bits per heavy atom. The number of aromatic hydroxyl groups is 1. The number of hydrogen-bond acceptors (Lipinski definition) is 2. The van der Waals surface area contributed by atoms with Crippen LogP contribution in [0.15, 0.2) is 18.2 Å². The molecule has 0 aliphatic heterocycles. The molecule has 0 bridgehead atoms. The maximum Gasteiger partial charge on any atom is 0.136 e. The van der Waals surface area contributed by atoms with Gasteiger partial charge < -0.3 is 5.11 Å². The lowest BCUT2D eigenvalue weighted by Gasteiger charge is -2.46. The van der Waals surface area contributed by atoms with Crippen molar-refractivity contribution in [2.75, 3.05) is 0 Å². The molecule has 0 saturated heterocycles. The van der Waals surface area contributed by atoms with Gasteiger partial charge in [0.2, 0.25) is 0 Å². The average molecular weight is 427 g/mol. The van der Waals surface area contributed by atoms with Crippen molar-refractivity contribution in [3.8, 4) is 5.75 Å². The van der Waals surface area contributed by atoms with Crippen molar-refractivity contribution in [2.45, 2.75) is 99.3 Å². The van der Waals surface area contributed by atoms with Crippen LogP contribution in [0.3, 0.4) is 0 Å². The van der Waals surface area contributed by atoms with Gasteiger partial charge in [-0.1, -0.05) is 53.5 Å². The molecule has 0 amide bonds. The number of carbonyl (C=O) groups is 1. The van der Waals surface area contributed by atoms with E-state index in [2.05, 4.69) is 41.5 Å². The lowest BCUT2D eigenvalue weighted by atomic mass is 9.58. The number of ketones is 1.